The molecule has 0 bridgehead atoms. The van der Waals surface area contributed by atoms with E-state index in [0.717, 1.165) is 16.9 Å². The Morgan fingerprint density at radius 1 is 1.29 bits per heavy atom. The van der Waals surface area contributed by atoms with E-state index >= 15 is 0 Å². The Balaban J connectivity index is 2.14. The lowest BCUT2D eigenvalue weighted by Crippen LogP contribution is -2.13. The van der Waals surface area contributed by atoms with Crippen LogP contribution in [0, 0.1) is 31.0 Å². The van der Waals surface area contributed by atoms with Gasteiger partial charge in [0.1, 0.15) is 17.5 Å². The third-order valence-electron chi connectivity index (χ3n) is 4.56. The Morgan fingerprint density at radius 2 is 2.04 bits per heavy atom. The van der Waals surface area contributed by atoms with Gasteiger partial charge in [-0.05, 0) is 56.4 Å². The largest absolute Gasteiger partial charge is 0.449 e. The van der Waals surface area contributed by atoms with Gasteiger partial charge >= 0.3 is 0 Å². The van der Waals surface area contributed by atoms with Crippen LogP contribution >= 0.6 is 11.8 Å². The summed E-state index contributed by atoms with van der Waals surface area (Å²) >= 11 is 1.50. The predicted octanol–water partition coefficient (Wildman–Crippen LogP) is 5.71. The molecule has 0 saturated carbocycles. The lowest BCUT2D eigenvalue weighted by molar-refractivity contribution is 0.488. The zero-order valence-electron chi connectivity index (χ0n) is 16.2. The van der Waals surface area contributed by atoms with Crippen molar-refractivity contribution in [2.24, 2.45) is 0 Å². The van der Waals surface area contributed by atoms with Crippen LogP contribution in [0.3, 0.4) is 0 Å². The van der Waals surface area contributed by atoms with Crippen LogP contribution < -0.4 is 10.7 Å². The fourth-order valence-corrected chi connectivity index (χ4v) is 3.90. The molecule has 1 unspecified atom stereocenters. The van der Waals surface area contributed by atoms with Crippen molar-refractivity contribution in [2.45, 2.75) is 38.8 Å². The highest BCUT2D eigenvalue weighted by atomic mass is 32.2. The highest BCUT2D eigenvalue weighted by Gasteiger charge is 2.19. The number of benzene rings is 2. The summed E-state index contributed by atoms with van der Waals surface area (Å²) in [7, 11) is 0. The van der Waals surface area contributed by atoms with Crippen LogP contribution in [0.4, 0.5) is 10.1 Å². The zero-order valence-corrected chi connectivity index (χ0v) is 17.0. The Hall–Kier alpha value is -2.78. The smallest absolute Gasteiger partial charge is 0.196 e. The first-order chi connectivity index (χ1) is 13.3. The van der Waals surface area contributed by atoms with Crippen LogP contribution in [0.2, 0.25) is 0 Å². The van der Waals surface area contributed by atoms with Gasteiger partial charge in [0.2, 0.25) is 0 Å². The number of hydrogen-bond acceptors (Lipinski definition) is 5. The molecular weight excluding hydrogens is 375 g/mol. The number of nitrogens with zero attached hydrogens (tertiary/aromatic N) is 1. The molecule has 1 aromatic heterocycles. The fourth-order valence-electron chi connectivity index (χ4n) is 3.18. The van der Waals surface area contributed by atoms with Crippen molar-refractivity contribution >= 4 is 28.4 Å². The molecule has 4 nitrogen and oxygen atoms in total. The summed E-state index contributed by atoms with van der Waals surface area (Å²) in [6, 6.07) is 9.60. The van der Waals surface area contributed by atoms with Gasteiger partial charge in [-0.25, -0.2) is 4.39 Å². The van der Waals surface area contributed by atoms with Crippen LogP contribution in [-0.2, 0) is 0 Å². The first-order valence-corrected chi connectivity index (χ1v) is 10.0. The maximum Gasteiger partial charge on any atom is 0.196 e. The Bertz CT molecular complexity index is 1150. The Labute approximate surface area is 167 Å². The second-order valence-corrected chi connectivity index (χ2v) is 7.91. The Morgan fingerprint density at radius 3 is 2.71 bits per heavy atom. The summed E-state index contributed by atoms with van der Waals surface area (Å²) in [6.45, 7) is 7.64. The average Bonchev–Trinajstić information content (AvgIpc) is 2.67. The molecule has 6 heteroatoms. The number of fused-ring (bicyclic) bond motifs is 1. The molecule has 1 atom stereocenters. The van der Waals surface area contributed by atoms with Crippen molar-refractivity contribution in [3.63, 3.8) is 0 Å². The van der Waals surface area contributed by atoms with Crippen molar-refractivity contribution in [3.8, 4) is 6.07 Å². The number of rotatable bonds is 5. The van der Waals surface area contributed by atoms with Crippen molar-refractivity contribution in [2.75, 3.05) is 11.1 Å². The maximum atomic E-state index is 13.4. The van der Waals surface area contributed by atoms with Crippen molar-refractivity contribution in [3.05, 3.63) is 68.6 Å². The normalized spacial score (nSPS) is 12.0. The van der Waals surface area contributed by atoms with Gasteiger partial charge in [-0.3, -0.25) is 4.79 Å². The van der Waals surface area contributed by atoms with Gasteiger partial charge in [-0.1, -0.05) is 24.8 Å². The summed E-state index contributed by atoms with van der Waals surface area (Å²) < 4.78 is 19.6. The number of aryl methyl sites for hydroxylation is 1. The molecule has 3 rings (SSSR count). The maximum absolute atomic E-state index is 13.4. The molecule has 1 N–H and O–H groups in total. The monoisotopic (exact) mass is 396 g/mol. The van der Waals surface area contributed by atoms with Gasteiger partial charge in [-0.2, -0.15) is 5.26 Å². The molecule has 2 aromatic carbocycles. The lowest BCUT2D eigenvalue weighted by atomic mass is 10.00. The average molecular weight is 396 g/mol. The van der Waals surface area contributed by atoms with Crippen molar-refractivity contribution < 1.29 is 8.81 Å². The van der Waals surface area contributed by atoms with Gasteiger partial charge < -0.3 is 9.73 Å². The summed E-state index contributed by atoms with van der Waals surface area (Å²) in [5.41, 5.74) is 3.64. The number of nitriles is 1. The summed E-state index contributed by atoms with van der Waals surface area (Å²) in [6.07, 6.45) is 0. The predicted molar refractivity (Wildman–Crippen MR) is 112 cm³/mol. The van der Waals surface area contributed by atoms with E-state index in [1.54, 1.807) is 13.0 Å². The third kappa shape index (κ3) is 3.76. The second kappa shape index (κ2) is 8.07. The highest BCUT2D eigenvalue weighted by molar-refractivity contribution is 7.99. The van der Waals surface area contributed by atoms with Gasteiger partial charge in [-0.15, -0.1) is 0 Å². The number of halogens is 1. The molecule has 144 valence electrons. The number of hydrogen-bond donors (Lipinski definition) is 1. The van der Waals surface area contributed by atoms with Gasteiger partial charge in [0.25, 0.3) is 0 Å². The Kier molecular flexibility index (Phi) is 5.76. The summed E-state index contributed by atoms with van der Waals surface area (Å²) in [5.74, 6) is 0.337. The van der Waals surface area contributed by atoms with Crippen molar-refractivity contribution in [1.82, 2.24) is 0 Å². The van der Waals surface area contributed by atoms with Gasteiger partial charge in [0.05, 0.1) is 22.7 Å². The van der Waals surface area contributed by atoms with E-state index in [4.69, 9.17) is 4.42 Å². The fraction of sp³-hybridized carbons (Fsp3) is 0.273. The molecule has 0 fully saturated rings. The minimum atomic E-state index is -0.460. The topological polar surface area (TPSA) is 66.0 Å². The van der Waals surface area contributed by atoms with Gasteiger partial charge in [0.15, 0.2) is 10.5 Å². The van der Waals surface area contributed by atoms with Crippen LogP contribution in [0.1, 0.15) is 42.1 Å². The number of anilines is 1. The summed E-state index contributed by atoms with van der Waals surface area (Å²) in [4.78, 5) is 12.9. The van der Waals surface area contributed by atoms with E-state index in [0.29, 0.717) is 27.3 Å². The second-order valence-electron chi connectivity index (χ2n) is 6.68. The van der Waals surface area contributed by atoms with E-state index in [-0.39, 0.29) is 17.0 Å². The van der Waals surface area contributed by atoms with E-state index < -0.39 is 5.82 Å². The first-order valence-electron chi connectivity index (χ1n) is 9.02. The zero-order chi connectivity index (χ0) is 20.4. The molecule has 3 aromatic rings. The molecule has 0 aliphatic heterocycles. The standard InChI is InChI=1S/C22H21FN2O2S/c1-5-28-22-13(3)20(26)18-9-12(2)8-17(21(18)27-22)14(4)25-19-7-6-16(23)10-15(19)11-24/h6-10,14,25H,5H2,1-4H3. The molecule has 0 spiro atoms. The highest BCUT2D eigenvalue weighted by Crippen LogP contribution is 2.32. The van der Waals surface area contributed by atoms with Crippen molar-refractivity contribution in [1.29, 1.82) is 5.26 Å². The summed E-state index contributed by atoms with van der Waals surface area (Å²) in [5, 5.41) is 13.7. The van der Waals surface area contributed by atoms with Gasteiger partial charge in [0, 0.05) is 11.1 Å². The SMILES string of the molecule is CCSc1oc2c(C(C)Nc3ccc(F)cc3C#N)cc(C)cc2c(=O)c1C. The van der Waals surface area contributed by atoms with E-state index in [1.165, 1.54) is 23.9 Å². The van der Waals surface area contributed by atoms with Crippen LogP contribution in [-0.4, -0.2) is 5.75 Å². The van der Waals surface area contributed by atoms with E-state index in [2.05, 4.69) is 5.32 Å². The molecule has 0 amide bonds. The van der Waals surface area contributed by atoms with E-state index in [9.17, 15) is 14.4 Å². The third-order valence-corrected chi connectivity index (χ3v) is 5.50. The van der Waals surface area contributed by atoms with Crippen LogP contribution in [0.15, 0.2) is 44.6 Å². The molecule has 1 heterocycles. The number of thioether (sulfide) groups is 1. The molecule has 0 aliphatic carbocycles. The number of nitrogens with one attached hydrogen (secondary N) is 1. The quantitative estimate of drug-likeness (QED) is 0.560. The molecular formula is C22H21FN2O2S. The molecule has 0 radical (unpaired) electrons. The van der Waals surface area contributed by atoms with Crippen LogP contribution in [0.25, 0.3) is 11.0 Å². The van der Waals surface area contributed by atoms with E-state index in [1.807, 2.05) is 39.0 Å². The molecule has 28 heavy (non-hydrogen) atoms. The molecule has 0 aliphatic rings. The minimum Gasteiger partial charge on any atom is -0.449 e. The first kappa shape index (κ1) is 20.0. The lowest BCUT2D eigenvalue weighted by Gasteiger charge is -2.19. The van der Waals surface area contributed by atoms with Crippen LogP contribution in [0.5, 0.6) is 0 Å². The minimum absolute atomic E-state index is 0.0335. The molecule has 0 saturated heterocycles.